The number of benzene rings is 2. The van der Waals surface area contributed by atoms with Crippen molar-refractivity contribution in [2.45, 2.75) is 55.9 Å². The van der Waals surface area contributed by atoms with E-state index in [-0.39, 0.29) is 18.2 Å². The minimum absolute atomic E-state index is 0.0401. The maximum atomic E-state index is 13.4. The average molecular weight is 563 g/mol. The molecular formula is C32H38N2O7. The van der Waals surface area contributed by atoms with E-state index >= 15 is 0 Å². The Morgan fingerprint density at radius 2 is 1.88 bits per heavy atom. The number of carbonyl (C=O) groups excluding carboxylic acids is 2. The summed E-state index contributed by atoms with van der Waals surface area (Å²) in [5.74, 6) is -0.0155. The largest absolute Gasteiger partial charge is 0.497 e. The molecule has 0 bridgehead atoms. The number of likely N-dealkylation sites (N-methyl/N-ethyl adjacent to an activating group) is 1. The third-order valence-corrected chi connectivity index (χ3v) is 9.98. The molecule has 3 aliphatic heterocycles. The van der Waals surface area contributed by atoms with E-state index in [1.54, 1.807) is 31.4 Å². The first-order chi connectivity index (χ1) is 19.7. The summed E-state index contributed by atoms with van der Waals surface area (Å²) in [7, 11) is 5.08. The molecule has 1 unspecified atom stereocenters. The van der Waals surface area contributed by atoms with Gasteiger partial charge in [-0.3, -0.25) is 9.69 Å². The van der Waals surface area contributed by atoms with Gasteiger partial charge in [0.1, 0.15) is 29.8 Å². The number of ether oxygens (including phenoxy) is 4. The Balaban J connectivity index is 1.54. The maximum absolute atomic E-state index is 13.4. The molecule has 1 aliphatic carbocycles. The fourth-order valence-corrected chi connectivity index (χ4v) is 8.68. The van der Waals surface area contributed by atoms with Gasteiger partial charge >= 0.3 is 11.9 Å². The van der Waals surface area contributed by atoms with Crippen molar-refractivity contribution in [1.82, 2.24) is 4.90 Å². The second kappa shape index (κ2) is 9.77. The van der Waals surface area contributed by atoms with E-state index in [9.17, 15) is 14.7 Å². The van der Waals surface area contributed by atoms with Crippen molar-refractivity contribution in [3.8, 4) is 11.5 Å². The Morgan fingerprint density at radius 1 is 1.10 bits per heavy atom. The summed E-state index contributed by atoms with van der Waals surface area (Å²) in [4.78, 5) is 30.7. The molecule has 2 aromatic rings. The number of carbonyl (C=O) groups is 2. The van der Waals surface area contributed by atoms with Gasteiger partial charge in [-0.1, -0.05) is 37.3 Å². The van der Waals surface area contributed by atoms with Crippen LogP contribution >= 0.6 is 0 Å². The summed E-state index contributed by atoms with van der Waals surface area (Å²) in [5.41, 5.74) is -0.650. The number of hydrogen-bond acceptors (Lipinski definition) is 9. The lowest BCUT2D eigenvalue weighted by atomic mass is 9.48. The molecule has 9 nitrogen and oxygen atoms in total. The quantitative estimate of drug-likeness (QED) is 0.403. The molecule has 41 heavy (non-hydrogen) atoms. The third kappa shape index (κ3) is 3.68. The molecule has 3 heterocycles. The van der Waals surface area contributed by atoms with Crippen LogP contribution in [0.5, 0.6) is 11.5 Å². The standard InChI is InChI=1S/C32H38N2O7/c1-6-30-14-9-16-34-17-15-31(27(30)34)23-13-12-21(38-4)18-24(23)33(3)28(31)32(37,29(30)41-20(2)35)19-40-26(36)22-10-7-8-11-25(22)39-5/h7-14,18,27-29,37H,6,15-17,19H2,1-5H3/t27?,28-,29-,30-,31-,32+/m1/s1. The highest BCUT2D eigenvalue weighted by atomic mass is 16.6. The summed E-state index contributed by atoms with van der Waals surface area (Å²) in [5, 5.41) is 13.1. The van der Waals surface area contributed by atoms with Crippen LogP contribution in [0.25, 0.3) is 0 Å². The van der Waals surface area contributed by atoms with Crippen LogP contribution in [0.4, 0.5) is 5.69 Å². The third-order valence-electron chi connectivity index (χ3n) is 9.98. The van der Waals surface area contributed by atoms with Crippen LogP contribution in [-0.4, -0.2) is 86.7 Å². The predicted octanol–water partition coefficient (Wildman–Crippen LogP) is 3.33. The van der Waals surface area contributed by atoms with Gasteiger partial charge in [-0.25, -0.2) is 4.79 Å². The lowest BCUT2D eigenvalue weighted by Gasteiger charge is -2.64. The van der Waals surface area contributed by atoms with Crippen molar-refractivity contribution in [3.05, 3.63) is 65.7 Å². The number of esters is 2. The zero-order chi connectivity index (χ0) is 29.2. The van der Waals surface area contributed by atoms with Crippen molar-refractivity contribution in [2.75, 3.05) is 45.9 Å². The molecule has 1 N–H and O–H groups in total. The summed E-state index contributed by atoms with van der Waals surface area (Å²) < 4.78 is 23.1. The number of para-hydroxylation sites is 1. The molecule has 1 spiro atoms. The lowest BCUT2D eigenvalue weighted by molar-refractivity contribution is -0.228. The molecule has 2 aromatic carbocycles. The highest BCUT2D eigenvalue weighted by molar-refractivity contribution is 5.92. The molecule has 6 rings (SSSR count). The molecule has 6 atom stereocenters. The van der Waals surface area contributed by atoms with E-state index in [2.05, 4.69) is 34.9 Å². The Morgan fingerprint density at radius 3 is 2.59 bits per heavy atom. The summed E-state index contributed by atoms with van der Waals surface area (Å²) in [6, 6.07) is 12.3. The molecule has 0 amide bonds. The number of nitrogens with zero attached hydrogens (tertiary/aromatic N) is 2. The van der Waals surface area contributed by atoms with Crippen LogP contribution in [0.3, 0.4) is 0 Å². The molecule has 0 radical (unpaired) electrons. The number of methoxy groups -OCH3 is 2. The van der Waals surface area contributed by atoms with Crippen LogP contribution in [0.2, 0.25) is 0 Å². The molecule has 1 saturated carbocycles. The van der Waals surface area contributed by atoms with Gasteiger partial charge in [0.15, 0.2) is 5.60 Å². The maximum Gasteiger partial charge on any atom is 0.342 e. The summed E-state index contributed by atoms with van der Waals surface area (Å²) in [6.07, 6.45) is 4.70. The van der Waals surface area contributed by atoms with Crippen LogP contribution < -0.4 is 14.4 Å². The first-order valence-corrected chi connectivity index (χ1v) is 14.2. The Kier molecular flexibility index (Phi) is 6.58. The van der Waals surface area contributed by atoms with E-state index in [0.717, 1.165) is 30.8 Å². The lowest BCUT2D eigenvalue weighted by Crippen LogP contribution is -2.80. The van der Waals surface area contributed by atoms with Gasteiger partial charge in [0.05, 0.1) is 20.3 Å². The highest BCUT2D eigenvalue weighted by Gasteiger charge is 2.78. The molecule has 1 saturated heterocycles. The summed E-state index contributed by atoms with van der Waals surface area (Å²) in [6.45, 7) is 4.68. The first-order valence-electron chi connectivity index (χ1n) is 14.2. The van der Waals surface area contributed by atoms with Crippen molar-refractivity contribution >= 4 is 17.6 Å². The Hall–Kier alpha value is -3.56. The van der Waals surface area contributed by atoms with Crippen molar-refractivity contribution in [2.24, 2.45) is 5.41 Å². The van der Waals surface area contributed by atoms with Gasteiger partial charge < -0.3 is 29.0 Å². The fourth-order valence-electron chi connectivity index (χ4n) is 8.68. The van der Waals surface area contributed by atoms with Gasteiger partial charge in [-0.2, -0.15) is 0 Å². The topological polar surface area (TPSA) is 97.8 Å². The monoisotopic (exact) mass is 562 g/mol. The average Bonchev–Trinajstić information content (AvgIpc) is 3.50. The molecule has 2 fully saturated rings. The zero-order valence-corrected chi connectivity index (χ0v) is 24.3. The van der Waals surface area contributed by atoms with Crippen molar-refractivity contribution < 1.29 is 33.6 Å². The fraction of sp³-hybridized carbons (Fsp3) is 0.500. The van der Waals surface area contributed by atoms with Gasteiger partial charge in [0.25, 0.3) is 0 Å². The highest BCUT2D eigenvalue weighted by Crippen LogP contribution is 2.67. The van der Waals surface area contributed by atoms with Crippen LogP contribution in [0.15, 0.2) is 54.6 Å². The first kappa shape index (κ1) is 27.6. The number of hydrogen-bond donors (Lipinski definition) is 1. The van der Waals surface area contributed by atoms with Crippen LogP contribution in [0.1, 0.15) is 42.6 Å². The Labute approximate surface area is 240 Å². The normalized spacial score (nSPS) is 33.0. The van der Waals surface area contributed by atoms with Crippen LogP contribution in [0, 0.1) is 5.41 Å². The molecule has 0 aromatic heterocycles. The number of aliphatic hydroxyl groups is 1. The van der Waals surface area contributed by atoms with Crippen LogP contribution in [-0.2, 0) is 19.7 Å². The number of fused-ring (bicyclic) bond motifs is 1. The van der Waals surface area contributed by atoms with E-state index in [1.165, 1.54) is 14.0 Å². The smallest absolute Gasteiger partial charge is 0.342 e. The van der Waals surface area contributed by atoms with Gasteiger partial charge in [0.2, 0.25) is 0 Å². The summed E-state index contributed by atoms with van der Waals surface area (Å²) >= 11 is 0. The number of rotatable bonds is 7. The van der Waals surface area contributed by atoms with Gasteiger partial charge in [-0.15, -0.1) is 0 Å². The van der Waals surface area contributed by atoms with Crippen molar-refractivity contribution in [3.63, 3.8) is 0 Å². The number of anilines is 1. The molecule has 4 aliphatic rings. The second-order valence-electron chi connectivity index (χ2n) is 11.7. The minimum Gasteiger partial charge on any atom is -0.497 e. The van der Waals surface area contributed by atoms with E-state index < -0.39 is 40.5 Å². The SMILES string of the molecule is CC[C@]12C=CCN3CC[C@@]4(c5ccc(OC)cc5N(C)[C@H]4[C@@](O)(COC(=O)c4ccccc4OC)[C@@H]1OC(C)=O)C32. The Bertz CT molecular complexity index is 1410. The minimum atomic E-state index is -1.76. The van der Waals surface area contributed by atoms with Crippen molar-refractivity contribution in [1.29, 1.82) is 0 Å². The molecular weight excluding hydrogens is 524 g/mol. The van der Waals surface area contributed by atoms with E-state index in [4.69, 9.17) is 18.9 Å². The van der Waals surface area contributed by atoms with E-state index in [1.807, 2.05) is 19.2 Å². The zero-order valence-electron chi connectivity index (χ0n) is 24.3. The van der Waals surface area contributed by atoms with Gasteiger partial charge in [-0.05, 0) is 43.1 Å². The van der Waals surface area contributed by atoms with Gasteiger partial charge in [0, 0.05) is 49.1 Å². The predicted molar refractivity (Wildman–Crippen MR) is 152 cm³/mol. The molecule has 218 valence electrons. The molecule has 9 heteroatoms. The van der Waals surface area contributed by atoms with E-state index in [0.29, 0.717) is 17.9 Å². The second-order valence-corrected chi connectivity index (χ2v) is 11.7.